The summed E-state index contributed by atoms with van der Waals surface area (Å²) in [4.78, 5) is 0. The quantitative estimate of drug-likeness (QED) is 0.731. The number of fused-ring (bicyclic) bond motifs is 1. The molecule has 18 heavy (non-hydrogen) atoms. The predicted octanol–water partition coefficient (Wildman–Crippen LogP) is 3.35. The fourth-order valence-corrected chi connectivity index (χ4v) is 2.27. The maximum atomic E-state index is 5.62. The third kappa shape index (κ3) is 2.74. The van der Waals surface area contributed by atoms with Crippen molar-refractivity contribution in [3.63, 3.8) is 0 Å². The van der Waals surface area contributed by atoms with Crippen LogP contribution in [0.4, 0.5) is 0 Å². The molecule has 0 amide bonds. The van der Waals surface area contributed by atoms with E-state index in [0.29, 0.717) is 13.2 Å². The van der Waals surface area contributed by atoms with Crippen LogP contribution in [0.25, 0.3) is 10.9 Å². The Hall–Kier alpha value is -1.32. The molecule has 0 unspecified atom stereocenters. The van der Waals surface area contributed by atoms with E-state index in [-0.39, 0.29) is 6.29 Å². The molecule has 0 saturated heterocycles. The first-order valence-electron chi connectivity index (χ1n) is 6.54. The second-order valence-electron chi connectivity index (χ2n) is 4.30. The number of para-hydroxylation sites is 1. The number of ether oxygens (including phenoxy) is 2. The summed E-state index contributed by atoms with van der Waals surface area (Å²) < 4.78 is 13.5. The average molecular weight is 247 g/mol. The summed E-state index contributed by atoms with van der Waals surface area (Å²) in [6, 6.07) is 10.6. The van der Waals surface area contributed by atoms with Gasteiger partial charge in [0.05, 0.1) is 6.54 Å². The number of rotatable bonds is 6. The number of benzene rings is 1. The van der Waals surface area contributed by atoms with Crippen LogP contribution >= 0.6 is 0 Å². The maximum Gasteiger partial charge on any atom is 0.175 e. The molecule has 0 radical (unpaired) electrons. The van der Waals surface area contributed by atoms with Gasteiger partial charge in [-0.05, 0) is 38.3 Å². The summed E-state index contributed by atoms with van der Waals surface area (Å²) in [5, 5.41) is 1.27. The van der Waals surface area contributed by atoms with Crippen LogP contribution in [0, 0.1) is 6.92 Å². The molecule has 0 spiro atoms. The minimum absolute atomic E-state index is 0.172. The van der Waals surface area contributed by atoms with Crippen molar-refractivity contribution >= 4 is 10.9 Å². The van der Waals surface area contributed by atoms with E-state index in [2.05, 4.69) is 41.8 Å². The molecule has 2 aromatic rings. The van der Waals surface area contributed by atoms with Crippen LogP contribution < -0.4 is 0 Å². The van der Waals surface area contributed by atoms with Crippen LogP contribution in [0.5, 0.6) is 0 Å². The third-order valence-corrected chi connectivity index (χ3v) is 3.05. The zero-order valence-corrected chi connectivity index (χ0v) is 11.3. The number of hydrogen-bond donors (Lipinski definition) is 0. The van der Waals surface area contributed by atoms with E-state index in [1.54, 1.807) is 0 Å². The molecule has 3 nitrogen and oxygen atoms in total. The average Bonchev–Trinajstić information content (AvgIpc) is 2.67. The lowest BCUT2D eigenvalue weighted by Crippen LogP contribution is -2.24. The monoisotopic (exact) mass is 247 g/mol. The Morgan fingerprint density at radius 3 is 2.44 bits per heavy atom. The molecule has 0 bridgehead atoms. The van der Waals surface area contributed by atoms with Crippen LogP contribution in [0.3, 0.4) is 0 Å². The van der Waals surface area contributed by atoms with Crippen molar-refractivity contribution in [2.24, 2.45) is 0 Å². The van der Waals surface area contributed by atoms with Crippen LogP contribution in [0.15, 0.2) is 30.3 Å². The minimum Gasteiger partial charge on any atom is -0.351 e. The second kappa shape index (κ2) is 6.03. The van der Waals surface area contributed by atoms with Gasteiger partial charge in [0.2, 0.25) is 0 Å². The zero-order valence-electron chi connectivity index (χ0n) is 11.3. The van der Waals surface area contributed by atoms with Crippen molar-refractivity contribution in [1.82, 2.24) is 4.57 Å². The van der Waals surface area contributed by atoms with Gasteiger partial charge in [0.1, 0.15) is 0 Å². The maximum absolute atomic E-state index is 5.62. The highest BCUT2D eigenvalue weighted by Gasteiger charge is 2.12. The number of nitrogens with zero attached hydrogens (tertiary/aromatic N) is 1. The molecule has 2 rings (SSSR count). The van der Waals surface area contributed by atoms with Gasteiger partial charge in [-0.1, -0.05) is 18.2 Å². The van der Waals surface area contributed by atoms with Gasteiger partial charge in [-0.3, -0.25) is 0 Å². The molecule has 3 heteroatoms. The molecule has 0 aliphatic carbocycles. The fourth-order valence-electron chi connectivity index (χ4n) is 2.27. The third-order valence-electron chi connectivity index (χ3n) is 3.05. The van der Waals surface area contributed by atoms with Crippen LogP contribution in [0.1, 0.15) is 19.5 Å². The van der Waals surface area contributed by atoms with E-state index >= 15 is 0 Å². The lowest BCUT2D eigenvalue weighted by Gasteiger charge is -2.19. The van der Waals surface area contributed by atoms with E-state index in [1.165, 1.54) is 16.6 Å². The molecule has 1 aromatic carbocycles. The summed E-state index contributed by atoms with van der Waals surface area (Å²) in [6.45, 7) is 8.18. The fraction of sp³-hybridized carbons (Fsp3) is 0.467. The highest BCUT2D eigenvalue weighted by Crippen LogP contribution is 2.20. The molecule has 0 fully saturated rings. The van der Waals surface area contributed by atoms with Crippen LogP contribution in [-0.4, -0.2) is 24.1 Å². The smallest absolute Gasteiger partial charge is 0.175 e. The molecule has 1 heterocycles. The summed E-state index contributed by atoms with van der Waals surface area (Å²) in [7, 11) is 0. The Labute approximate surface area is 108 Å². The van der Waals surface area contributed by atoms with Crippen molar-refractivity contribution in [3.8, 4) is 0 Å². The SMILES string of the molecule is CCOC(Cn1c(C)cc2ccccc21)OCC. The van der Waals surface area contributed by atoms with Crippen LogP contribution in [0.2, 0.25) is 0 Å². The summed E-state index contributed by atoms with van der Waals surface area (Å²) in [6.07, 6.45) is -0.172. The molecule has 0 N–H and O–H groups in total. The van der Waals surface area contributed by atoms with Gasteiger partial charge < -0.3 is 14.0 Å². The minimum atomic E-state index is -0.172. The first kappa shape index (κ1) is 13.1. The van der Waals surface area contributed by atoms with Crippen molar-refractivity contribution in [2.45, 2.75) is 33.6 Å². The van der Waals surface area contributed by atoms with E-state index in [9.17, 15) is 0 Å². The van der Waals surface area contributed by atoms with Crippen molar-refractivity contribution < 1.29 is 9.47 Å². The second-order valence-corrected chi connectivity index (χ2v) is 4.30. The molecule has 1 aromatic heterocycles. The highest BCUT2D eigenvalue weighted by molar-refractivity contribution is 5.81. The van der Waals surface area contributed by atoms with E-state index < -0.39 is 0 Å². The molecular weight excluding hydrogens is 226 g/mol. The Bertz CT molecular complexity index is 498. The van der Waals surface area contributed by atoms with E-state index in [4.69, 9.17) is 9.47 Å². The Morgan fingerprint density at radius 2 is 1.78 bits per heavy atom. The summed E-state index contributed by atoms with van der Waals surface area (Å²) in [5.41, 5.74) is 2.47. The van der Waals surface area contributed by atoms with Gasteiger partial charge in [0, 0.05) is 24.4 Å². The van der Waals surface area contributed by atoms with Gasteiger partial charge in [-0.2, -0.15) is 0 Å². The number of aromatic nitrogens is 1. The summed E-state index contributed by atoms with van der Waals surface area (Å²) >= 11 is 0. The van der Waals surface area contributed by atoms with Crippen molar-refractivity contribution in [3.05, 3.63) is 36.0 Å². The summed E-state index contributed by atoms with van der Waals surface area (Å²) in [5.74, 6) is 0. The standard InChI is InChI=1S/C15H21NO2/c1-4-17-15(18-5-2)11-16-12(3)10-13-8-6-7-9-14(13)16/h6-10,15H,4-5,11H2,1-3H3. The lowest BCUT2D eigenvalue weighted by atomic mass is 10.2. The molecule has 0 saturated carbocycles. The first-order valence-corrected chi connectivity index (χ1v) is 6.54. The van der Waals surface area contributed by atoms with E-state index in [0.717, 1.165) is 6.54 Å². The number of aryl methyl sites for hydroxylation is 1. The van der Waals surface area contributed by atoms with Gasteiger partial charge in [-0.15, -0.1) is 0 Å². The van der Waals surface area contributed by atoms with Gasteiger partial charge in [0.25, 0.3) is 0 Å². The number of hydrogen-bond acceptors (Lipinski definition) is 2. The molecule has 0 aliphatic heterocycles. The van der Waals surface area contributed by atoms with E-state index in [1.807, 2.05) is 13.8 Å². The van der Waals surface area contributed by atoms with Crippen molar-refractivity contribution in [2.75, 3.05) is 13.2 Å². The van der Waals surface area contributed by atoms with Gasteiger partial charge >= 0.3 is 0 Å². The zero-order chi connectivity index (χ0) is 13.0. The van der Waals surface area contributed by atoms with Gasteiger partial charge in [-0.25, -0.2) is 0 Å². The normalized spacial score (nSPS) is 11.6. The predicted molar refractivity (Wildman–Crippen MR) is 73.7 cm³/mol. The van der Waals surface area contributed by atoms with Gasteiger partial charge in [0.15, 0.2) is 6.29 Å². The molecule has 98 valence electrons. The van der Waals surface area contributed by atoms with Crippen molar-refractivity contribution in [1.29, 1.82) is 0 Å². The first-order chi connectivity index (χ1) is 8.76. The molecule has 0 atom stereocenters. The highest BCUT2D eigenvalue weighted by atomic mass is 16.7. The molecule has 0 aliphatic rings. The largest absolute Gasteiger partial charge is 0.351 e. The lowest BCUT2D eigenvalue weighted by molar-refractivity contribution is -0.143. The topological polar surface area (TPSA) is 23.4 Å². The van der Waals surface area contributed by atoms with Crippen LogP contribution in [-0.2, 0) is 16.0 Å². The Balaban J connectivity index is 2.26. The Morgan fingerprint density at radius 1 is 1.11 bits per heavy atom. The Kier molecular flexibility index (Phi) is 4.39. The molecular formula is C15H21NO2.